The van der Waals surface area contributed by atoms with E-state index in [2.05, 4.69) is 5.32 Å². The first-order valence-electron chi connectivity index (χ1n) is 14.9. The van der Waals surface area contributed by atoms with Gasteiger partial charge in [-0.1, -0.05) is 107 Å². The van der Waals surface area contributed by atoms with Gasteiger partial charge in [-0.3, -0.25) is 13.9 Å². The van der Waals surface area contributed by atoms with Gasteiger partial charge in [0, 0.05) is 39.1 Å². The van der Waals surface area contributed by atoms with E-state index < -0.39 is 28.5 Å². The number of nitrogens with zero attached hydrogens (tertiary/aromatic N) is 2. The average Bonchev–Trinajstić information content (AvgIpc) is 3.02. The van der Waals surface area contributed by atoms with Crippen LogP contribution in [0.25, 0.3) is 0 Å². The fourth-order valence-electron chi connectivity index (χ4n) is 4.88. The van der Waals surface area contributed by atoms with Gasteiger partial charge in [0.25, 0.3) is 10.0 Å². The van der Waals surface area contributed by atoms with Gasteiger partial charge in [-0.15, -0.1) is 0 Å². The highest BCUT2D eigenvalue weighted by molar-refractivity contribution is 7.92. The summed E-state index contributed by atoms with van der Waals surface area (Å²) in [7, 11) is -4.32. The minimum Gasteiger partial charge on any atom is -0.352 e. The zero-order chi connectivity index (χ0) is 34.3. The van der Waals surface area contributed by atoms with Crippen molar-refractivity contribution in [2.45, 2.75) is 57.1 Å². The van der Waals surface area contributed by atoms with Crippen LogP contribution in [0, 0.1) is 6.92 Å². The second-order valence-electron chi connectivity index (χ2n) is 11.2. The molecular formula is C35H35Cl4N3O4S. The molecule has 4 aromatic rings. The van der Waals surface area contributed by atoms with Gasteiger partial charge in [0.15, 0.2) is 0 Å². The lowest BCUT2D eigenvalue weighted by Gasteiger charge is -2.34. The Hall–Kier alpha value is -3.27. The Morgan fingerprint density at radius 3 is 2.06 bits per heavy atom. The van der Waals surface area contributed by atoms with Crippen LogP contribution in [-0.4, -0.2) is 43.8 Å². The predicted octanol–water partition coefficient (Wildman–Crippen LogP) is 8.36. The van der Waals surface area contributed by atoms with E-state index in [0.717, 1.165) is 15.4 Å². The summed E-state index contributed by atoms with van der Waals surface area (Å²) in [6.45, 7) is 4.89. The van der Waals surface area contributed by atoms with Gasteiger partial charge in [-0.2, -0.15) is 0 Å². The maximum atomic E-state index is 14.6. The van der Waals surface area contributed by atoms with Crippen molar-refractivity contribution in [3.05, 3.63) is 128 Å². The molecule has 0 bridgehead atoms. The van der Waals surface area contributed by atoms with Crippen LogP contribution in [0.1, 0.15) is 37.0 Å². The third-order valence-electron chi connectivity index (χ3n) is 7.65. The third-order valence-corrected chi connectivity index (χ3v) is 10.5. The number of aryl methyl sites for hydroxylation is 1. The maximum absolute atomic E-state index is 14.6. The number of halogens is 4. The van der Waals surface area contributed by atoms with E-state index in [-0.39, 0.29) is 45.5 Å². The number of hydrogen-bond donors (Lipinski definition) is 1. The van der Waals surface area contributed by atoms with E-state index in [1.807, 2.05) is 51.1 Å². The van der Waals surface area contributed by atoms with Crippen molar-refractivity contribution in [1.29, 1.82) is 0 Å². The molecule has 0 aliphatic carbocycles. The molecule has 0 saturated heterocycles. The highest BCUT2D eigenvalue weighted by atomic mass is 35.5. The molecule has 0 aromatic heterocycles. The number of anilines is 1. The summed E-state index contributed by atoms with van der Waals surface area (Å²) < 4.78 is 29.4. The van der Waals surface area contributed by atoms with Crippen molar-refractivity contribution < 1.29 is 18.0 Å². The molecule has 12 heteroatoms. The Bertz CT molecular complexity index is 1800. The molecule has 0 aliphatic rings. The van der Waals surface area contributed by atoms with Gasteiger partial charge in [0.1, 0.15) is 12.6 Å². The second-order valence-corrected chi connectivity index (χ2v) is 14.8. The monoisotopic (exact) mass is 733 g/mol. The molecule has 0 radical (unpaired) electrons. The Morgan fingerprint density at radius 1 is 0.830 bits per heavy atom. The molecule has 47 heavy (non-hydrogen) atoms. The molecule has 0 unspecified atom stereocenters. The molecule has 248 valence electrons. The topological polar surface area (TPSA) is 86.8 Å². The first kappa shape index (κ1) is 36.6. The molecule has 4 aromatic carbocycles. The second kappa shape index (κ2) is 16.2. The largest absolute Gasteiger partial charge is 0.352 e. The molecule has 0 saturated carbocycles. The Morgan fingerprint density at radius 2 is 1.47 bits per heavy atom. The van der Waals surface area contributed by atoms with Crippen LogP contribution in [0.5, 0.6) is 0 Å². The first-order valence-corrected chi connectivity index (χ1v) is 17.9. The molecule has 0 aliphatic heterocycles. The lowest BCUT2D eigenvalue weighted by atomic mass is 10.0. The SMILES string of the molecule is CC[C@@H](C)NC(=O)[C@H](Cc1ccccc1)N(Cc1ccc(Cl)cc1Cl)C(=O)CN(c1cc(Cl)cc(Cl)c1)S(=O)(=O)c1ccc(C)cc1. The van der Waals surface area contributed by atoms with Crippen molar-refractivity contribution in [2.75, 3.05) is 10.8 Å². The molecule has 0 fully saturated rings. The normalized spacial score (nSPS) is 12.7. The highest BCUT2D eigenvalue weighted by Gasteiger charge is 2.35. The van der Waals surface area contributed by atoms with E-state index in [4.69, 9.17) is 46.4 Å². The van der Waals surface area contributed by atoms with Crippen molar-refractivity contribution in [3.8, 4) is 0 Å². The standard InChI is InChI=1S/C35H35Cl4N3O4S/c1-4-24(3)40-35(44)33(16-25-8-6-5-7-9-25)41(21-26-12-13-27(36)20-32(26)39)34(43)22-42(30-18-28(37)17-29(38)19-30)47(45,46)31-14-10-23(2)11-15-31/h5-15,17-20,24,33H,4,16,21-22H2,1-3H3,(H,40,44)/t24-,33+/m1/s1. The zero-order valence-electron chi connectivity index (χ0n) is 26.1. The lowest BCUT2D eigenvalue weighted by molar-refractivity contribution is -0.140. The predicted molar refractivity (Wildman–Crippen MR) is 191 cm³/mol. The molecule has 4 rings (SSSR count). The lowest BCUT2D eigenvalue weighted by Crippen LogP contribution is -2.54. The number of amides is 2. The van der Waals surface area contributed by atoms with Crippen LogP contribution in [0.3, 0.4) is 0 Å². The average molecular weight is 736 g/mol. The molecule has 2 amide bonds. The minimum absolute atomic E-state index is 0.0327. The van der Waals surface area contributed by atoms with Gasteiger partial charge >= 0.3 is 0 Å². The third kappa shape index (κ3) is 9.64. The summed E-state index contributed by atoms with van der Waals surface area (Å²) in [6.07, 6.45) is 0.826. The highest BCUT2D eigenvalue weighted by Crippen LogP contribution is 2.31. The first-order chi connectivity index (χ1) is 22.3. The van der Waals surface area contributed by atoms with E-state index in [1.54, 1.807) is 30.3 Å². The number of sulfonamides is 1. The van der Waals surface area contributed by atoms with E-state index in [0.29, 0.717) is 22.0 Å². The minimum atomic E-state index is -4.32. The van der Waals surface area contributed by atoms with E-state index in [9.17, 15) is 18.0 Å². The van der Waals surface area contributed by atoms with Crippen molar-refractivity contribution in [2.24, 2.45) is 0 Å². The molecule has 7 nitrogen and oxygen atoms in total. The Balaban J connectivity index is 1.85. The summed E-state index contributed by atoms with van der Waals surface area (Å²) in [6, 6.07) is 23.5. The summed E-state index contributed by atoms with van der Waals surface area (Å²) in [5.41, 5.74) is 2.28. The van der Waals surface area contributed by atoms with E-state index in [1.165, 1.54) is 35.2 Å². The van der Waals surface area contributed by atoms with Gasteiger partial charge in [0.2, 0.25) is 11.8 Å². The maximum Gasteiger partial charge on any atom is 0.264 e. The number of hydrogen-bond acceptors (Lipinski definition) is 4. The molecular weight excluding hydrogens is 700 g/mol. The van der Waals surface area contributed by atoms with Crippen LogP contribution >= 0.6 is 46.4 Å². The number of carbonyl (C=O) groups is 2. The van der Waals surface area contributed by atoms with Crippen molar-refractivity contribution >= 4 is 73.9 Å². The summed E-state index contributed by atoms with van der Waals surface area (Å²) in [5, 5.41) is 4.07. The van der Waals surface area contributed by atoms with Gasteiger partial charge in [-0.05, 0) is 73.9 Å². The molecule has 1 N–H and O–H groups in total. The van der Waals surface area contributed by atoms with E-state index >= 15 is 0 Å². The number of benzene rings is 4. The number of rotatable bonds is 13. The quantitative estimate of drug-likeness (QED) is 0.150. The molecule has 0 heterocycles. The van der Waals surface area contributed by atoms with Crippen molar-refractivity contribution in [3.63, 3.8) is 0 Å². The fraction of sp³-hybridized carbons (Fsp3) is 0.257. The van der Waals surface area contributed by atoms with Gasteiger partial charge in [0.05, 0.1) is 10.6 Å². The van der Waals surface area contributed by atoms with Gasteiger partial charge in [-0.25, -0.2) is 8.42 Å². The zero-order valence-corrected chi connectivity index (χ0v) is 29.9. The number of carbonyl (C=O) groups excluding carboxylic acids is 2. The van der Waals surface area contributed by atoms with Crippen LogP contribution < -0.4 is 9.62 Å². The Kier molecular flexibility index (Phi) is 12.6. The van der Waals surface area contributed by atoms with Crippen LogP contribution in [-0.2, 0) is 32.6 Å². The molecule has 0 spiro atoms. The van der Waals surface area contributed by atoms with Crippen LogP contribution in [0.4, 0.5) is 5.69 Å². The van der Waals surface area contributed by atoms with Crippen LogP contribution in [0.15, 0.2) is 95.9 Å². The molecule has 2 atom stereocenters. The Labute approximate surface area is 296 Å². The fourth-order valence-corrected chi connectivity index (χ4v) is 7.26. The summed E-state index contributed by atoms with van der Waals surface area (Å²) in [5.74, 6) is -1.04. The van der Waals surface area contributed by atoms with Crippen molar-refractivity contribution in [1.82, 2.24) is 10.2 Å². The van der Waals surface area contributed by atoms with Crippen LogP contribution in [0.2, 0.25) is 20.1 Å². The summed E-state index contributed by atoms with van der Waals surface area (Å²) in [4.78, 5) is 29.9. The van der Waals surface area contributed by atoms with Gasteiger partial charge < -0.3 is 10.2 Å². The summed E-state index contributed by atoms with van der Waals surface area (Å²) >= 11 is 25.4. The number of nitrogens with one attached hydrogen (secondary N) is 1. The smallest absolute Gasteiger partial charge is 0.264 e.